The summed E-state index contributed by atoms with van der Waals surface area (Å²) in [7, 11) is 0. The minimum atomic E-state index is -2.29. The molecule has 12 rings (SSSR count). The summed E-state index contributed by atoms with van der Waals surface area (Å²) in [5.41, 5.74) is 12.6. The maximum absolute atomic E-state index is 13.9. The molecule has 0 fully saturated rings. The van der Waals surface area contributed by atoms with Gasteiger partial charge >= 0.3 is 0 Å². The van der Waals surface area contributed by atoms with Crippen LogP contribution in [0.4, 0.5) is 54.0 Å². The number of carbonyl (C=O) groups excluding carboxylic acids is 4. The third kappa shape index (κ3) is 24.8. The first-order chi connectivity index (χ1) is 55.5. The average molecular weight is 1680 g/mol. The standard InChI is InChI=1S/C22H18F5N3O2.C22H21F2N3O2.C22H22IN3O2.C21H21N3O2/c1-2-3-14-22(28-9-15(29-14)12-6-4-11(10-31)5-7-12)30-16(32)8-13-17(23)19(25)21(27)20(26)18(13)24;1-2-3-19-22(27-21(29)11-15-6-9-17(23)18(24)10-15)25-12-20(26-19)16-7-4-14(13-28)5-8-16;1-2-3-19-22(26-21(28)12-15-6-10-18(23)11-7-15)24-13-20(25-19)17-8-4-16(14-27)5-9-17;1-2-6-18-20(24-21(26)17-7-4-3-5-8-17)22-13-19(23-18)16-11-9-15(14-25)10-12-16/h4-7,9,31H,2-3,8,10H2,1H3,(H,28,30,32);4-10,12,28H,2-3,11,13H2,1H3,(H,25,27,29);4-11,13,27H,2-3,12,14H2,1H3,(H,24,26,28);3-5,7-13,25H,2,6,14H2,1H3,(H,22,24,26). The Kier molecular flexibility index (Phi) is 32.8. The number of aliphatic hydroxyl groups excluding tert-OH is 4. The summed E-state index contributed by atoms with van der Waals surface area (Å²) in [5.74, 6) is -12.9. The number of aliphatic hydroxyl groups is 4. The van der Waals surface area contributed by atoms with E-state index in [0.717, 1.165) is 110 Å². The van der Waals surface area contributed by atoms with E-state index in [1.165, 1.54) is 12.3 Å². The van der Waals surface area contributed by atoms with Crippen LogP contribution in [0.25, 0.3) is 45.0 Å². The summed E-state index contributed by atoms with van der Waals surface area (Å²) in [4.78, 5) is 85.4. The highest BCUT2D eigenvalue weighted by Crippen LogP contribution is 2.29. The molecule has 0 saturated carbocycles. The number of hydrogen-bond donors (Lipinski definition) is 8. The Morgan fingerprint density at radius 2 is 0.635 bits per heavy atom. The van der Waals surface area contributed by atoms with Crippen LogP contribution >= 0.6 is 22.6 Å². The Bertz CT molecular complexity index is 5270. The van der Waals surface area contributed by atoms with Crippen molar-refractivity contribution in [2.24, 2.45) is 0 Å². The first-order valence-corrected chi connectivity index (χ1v) is 37.8. The molecule has 0 aliphatic rings. The number of nitrogens with zero attached hydrogens (tertiary/aromatic N) is 8. The fraction of sp³-hybridized carbons (Fsp3) is 0.218. The number of benzene rings is 8. The second-order valence-corrected chi connectivity index (χ2v) is 27.3. The Morgan fingerprint density at radius 3 is 0.957 bits per heavy atom. The number of anilines is 4. The highest BCUT2D eigenvalue weighted by Gasteiger charge is 2.28. The first-order valence-electron chi connectivity index (χ1n) is 36.7. The molecule has 0 unspecified atom stereocenters. The molecule has 4 aromatic heterocycles. The van der Waals surface area contributed by atoms with Crippen LogP contribution in [0.1, 0.15) is 125 Å². The number of amides is 4. The van der Waals surface area contributed by atoms with Gasteiger partial charge < -0.3 is 41.7 Å². The zero-order valence-corrected chi connectivity index (χ0v) is 65.3. The quantitative estimate of drug-likeness (QED) is 0.0103. The van der Waals surface area contributed by atoms with Gasteiger partial charge in [0.15, 0.2) is 58.2 Å². The van der Waals surface area contributed by atoms with Gasteiger partial charge in [0.1, 0.15) is 0 Å². The predicted molar refractivity (Wildman–Crippen MR) is 433 cm³/mol. The van der Waals surface area contributed by atoms with E-state index in [1.807, 2.05) is 129 Å². The van der Waals surface area contributed by atoms with Crippen LogP contribution in [-0.2, 0) is 85.8 Å². The van der Waals surface area contributed by atoms with Crippen molar-refractivity contribution in [3.63, 3.8) is 0 Å². The van der Waals surface area contributed by atoms with Crippen molar-refractivity contribution in [2.45, 2.75) is 125 Å². The number of rotatable bonds is 27. The van der Waals surface area contributed by atoms with Gasteiger partial charge in [-0.2, -0.15) is 0 Å². The molecule has 115 heavy (non-hydrogen) atoms. The van der Waals surface area contributed by atoms with Gasteiger partial charge in [-0.3, -0.25) is 19.2 Å². The maximum Gasteiger partial charge on any atom is 0.256 e. The largest absolute Gasteiger partial charge is 0.392 e. The summed E-state index contributed by atoms with van der Waals surface area (Å²) < 4.78 is 95.1. The van der Waals surface area contributed by atoms with Crippen molar-refractivity contribution >= 4 is 69.5 Å². The maximum atomic E-state index is 13.9. The summed E-state index contributed by atoms with van der Waals surface area (Å²) >= 11 is 2.24. The zero-order chi connectivity index (χ0) is 82.5. The fourth-order valence-corrected chi connectivity index (χ4v) is 11.7. The number of aromatic nitrogens is 8. The molecule has 0 aliphatic heterocycles. The number of halogens is 8. The Labute approximate surface area is 673 Å². The van der Waals surface area contributed by atoms with Gasteiger partial charge in [0.2, 0.25) is 23.5 Å². The lowest BCUT2D eigenvalue weighted by Gasteiger charge is -2.12. The van der Waals surface area contributed by atoms with E-state index in [4.69, 9.17) is 25.3 Å². The number of hydrogen-bond acceptors (Lipinski definition) is 16. The highest BCUT2D eigenvalue weighted by atomic mass is 127. The zero-order valence-electron chi connectivity index (χ0n) is 63.1. The topological polar surface area (TPSA) is 300 Å². The van der Waals surface area contributed by atoms with Gasteiger partial charge in [0, 0.05) is 37.0 Å². The number of nitrogens with one attached hydrogen (secondary N) is 4. The monoisotopic (exact) mass is 1680 g/mol. The van der Waals surface area contributed by atoms with Crippen molar-refractivity contribution in [1.29, 1.82) is 0 Å². The van der Waals surface area contributed by atoms with Crippen molar-refractivity contribution in [3.8, 4) is 45.0 Å². The second kappa shape index (κ2) is 43.3. The van der Waals surface area contributed by atoms with Gasteiger partial charge in [-0.1, -0.05) is 187 Å². The molecule has 4 heterocycles. The Morgan fingerprint density at radius 1 is 0.339 bits per heavy atom. The molecule has 0 aliphatic carbocycles. The lowest BCUT2D eigenvalue weighted by molar-refractivity contribution is -0.116. The molecular weight excluding hydrogens is 1600 g/mol. The molecule has 8 aromatic carbocycles. The van der Waals surface area contributed by atoms with Crippen molar-refractivity contribution in [2.75, 3.05) is 21.3 Å². The van der Waals surface area contributed by atoms with E-state index in [2.05, 4.69) is 87.6 Å². The number of carbonyl (C=O) groups is 4. The second-order valence-electron chi connectivity index (χ2n) is 26.0. The van der Waals surface area contributed by atoms with Crippen LogP contribution in [0.3, 0.4) is 0 Å². The van der Waals surface area contributed by atoms with Crippen LogP contribution in [0.5, 0.6) is 0 Å². The summed E-state index contributed by atoms with van der Waals surface area (Å²) in [5, 5.41) is 47.5. The van der Waals surface area contributed by atoms with Gasteiger partial charge in [0.05, 0.1) is 116 Å². The molecule has 0 radical (unpaired) electrons. The van der Waals surface area contributed by atoms with Gasteiger partial charge in [-0.15, -0.1) is 0 Å². The highest BCUT2D eigenvalue weighted by molar-refractivity contribution is 14.1. The normalized spacial score (nSPS) is 10.7. The molecule has 594 valence electrons. The van der Waals surface area contributed by atoms with Crippen molar-refractivity contribution < 1.29 is 70.3 Å². The minimum Gasteiger partial charge on any atom is -0.392 e. The van der Waals surface area contributed by atoms with E-state index in [-0.39, 0.29) is 56.4 Å². The predicted octanol–water partition coefficient (Wildman–Crippen LogP) is 16.7. The first kappa shape index (κ1) is 87.0. The minimum absolute atomic E-state index is 0.0114. The molecule has 8 N–H and O–H groups in total. The van der Waals surface area contributed by atoms with Crippen LogP contribution in [0, 0.1) is 44.3 Å². The third-order valence-corrected chi connectivity index (χ3v) is 18.1. The molecule has 4 amide bonds. The third-order valence-electron chi connectivity index (χ3n) is 17.4. The Hall–Kier alpha value is -12.0. The van der Waals surface area contributed by atoms with Crippen molar-refractivity contribution in [1.82, 2.24) is 39.9 Å². The van der Waals surface area contributed by atoms with Crippen LogP contribution < -0.4 is 21.3 Å². The molecule has 20 nitrogen and oxygen atoms in total. The average Bonchev–Trinajstić information content (AvgIpc) is 0.824. The lowest BCUT2D eigenvalue weighted by atomic mass is 10.1. The van der Waals surface area contributed by atoms with E-state index in [1.54, 1.807) is 55.0 Å². The molecule has 0 saturated heterocycles. The van der Waals surface area contributed by atoms with E-state index in [9.17, 15) is 55.0 Å². The fourth-order valence-electron chi connectivity index (χ4n) is 11.3. The van der Waals surface area contributed by atoms with Crippen molar-refractivity contribution in [3.05, 3.63) is 306 Å². The van der Waals surface area contributed by atoms with Crippen LogP contribution in [0.2, 0.25) is 0 Å². The molecule has 0 spiro atoms. The van der Waals surface area contributed by atoms with E-state index >= 15 is 0 Å². The molecular formula is C87H82F7IN12O8. The summed E-state index contributed by atoms with van der Waals surface area (Å²) in [6, 6.07) is 49.7. The molecule has 0 bridgehead atoms. The SMILES string of the molecule is CCCc1nc(-c2ccc(CO)cc2)cnc1NC(=O)Cc1c(F)c(F)c(F)c(F)c1F.CCCc1nc(-c2ccc(CO)cc2)cnc1NC(=O)Cc1ccc(F)c(F)c1.CCCc1nc(-c2ccc(CO)cc2)cnc1NC(=O)Cc1ccc(I)cc1.CCCc1nc(-c2ccc(CO)cc2)cnc1NC(=O)c1ccccc1. The van der Waals surface area contributed by atoms with E-state index < -0.39 is 58.6 Å². The van der Waals surface area contributed by atoms with Crippen LogP contribution in [-0.4, -0.2) is 83.9 Å². The van der Waals surface area contributed by atoms with E-state index in [0.29, 0.717) is 88.2 Å². The Balaban J connectivity index is 0.000000176. The van der Waals surface area contributed by atoms with Crippen LogP contribution in [0.15, 0.2) is 195 Å². The van der Waals surface area contributed by atoms with Gasteiger partial charge in [-0.25, -0.2) is 70.6 Å². The molecule has 28 heteroatoms. The lowest BCUT2D eigenvalue weighted by Crippen LogP contribution is -2.20. The summed E-state index contributed by atoms with van der Waals surface area (Å²) in [6.07, 6.45) is 11.1. The molecule has 0 atom stereocenters. The van der Waals surface area contributed by atoms with Gasteiger partial charge in [-0.05, 0) is 118 Å². The number of aryl methyl sites for hydroxylation is 4. The summed E-state index contributed by atoms with van der Waals surface area (Å²) in [6.45, 7) is 7.88. The molecule has 12 aromatic rings. The smallest absolute Gasteiger partial charge is 0.256 e. The van der Waals surface area contributed by atoms with Gasteiger partial charge in [0.25, 0.3) is 5.91 Å².